The third kappa shape index (κ3) is 3.00. The van der Waals surface area contributed by atoms with Crippen molar-refractivity contribution in [3.8, 4) is 6.07 Å². The number of hydrogen-bond donors (Lipinski definition) is 4. The van der Waals surface area contributed by atoms with Crippen LogP contribution in [-0.4, -0.2) is 57.9 Å². The summed E-state index contributed by atoms with van der Waals surface area (Å²) in [6, 6.07) is 6.24. The van der Waals surface area contributed by atoms with Crippen LogP contribution in [0.25, 0.3) is 0 Å². The Balaban J connectivity index is 2.05. The van der Waals surface area contributed by atoms with Crippen molar-refractivity contribution in [2.24, 2.45) is 0 Å². The molecular weight excluding hydrogens is 250 g/mol. The number of nitrogens with zero attached hydrogens (tertiary/aromatic N) is 2. The number of hydrogen-bond acceptors (Lipinski definition) is 7. The molecule has 1 aromatic rings. The lowest BCUT2D eigenvalue weighted by Crippen LogP contribution is -2.56. The molecule has 0 spiro atoms. The van der Waals surface area contributed by atoms with Crippen LogP contribution in [0.3, 0.4) is 0 Å². The lowest BCUT2D eigenvalue weighted by Gasteiger charge is -2.37. The Morgan fingerprint density at radius 1 is 1.42 bits per heavy atom. The normalized spacial score (nSPS) is 30.6. The van der Waals surface area contributed by atoms with Crippen molar-refractivity contribution in [2.75, 3.05) is 18.5 Å². The second kappa shape index (κ2) is 5.95. The molecule has 102 valence electrons. The Morgan fingerprint density at radius 2 is 2.21 bits per heavy atom. The molecule has 1 saturated heterocycles. The molecule has 4 N–H and O–H groups in total. The third-order valence-electron chi connectivity index (χ3n) is 3.01. The molecule has 2 rings (SSSR count). The number of aromatic nitrogens is 1. The number of nitrogens with one attached hydrogen (secondary N) is 1. The van der Waals surface area contributed by atoms with E-state index in [-0.39, 0.29) is 18.9 Å². The summed E-state index contributed by atoms with van der Waals surface area (Å²) in [5.74, 6) is 0.418. The minimum Gasteiger partial charge on any atom is -0.394 e. The molecule has 19 heavy (non-hydrogen) atoms. The van der Waals surface area contributed by atoms with Crippen molar-refractivity contribution in [2.45, 2.75) is 24.4 Å². The fraction of sp³-hybridized carbons (Fsp3) is 0.500. The maximum absolute atomic E-state index is 9.93. The number of pyridine rings is 1. The fourth-order valence-corrected chi connectivity index (χ4v) is 1.94. The molecule has 2 heterocycles. The van der Waals surface area contributed by atoms with Gasteiger partial charge in [-0.25, -0.2) is 4.98 Å². The van der Waals surface area contributed by atoms with Gasteiger partial charge in [0.25, 0.3) is 0 Å². The Morgan fingerprint density at radius 3 is 2.89 bits per heavy atom. The molecule has 0 amide bonds. The van der Waals surface area contributed by atoms with Crippen LogP contribution in [0.1, 0.15) is 5.69 Å². The van der Waals surface area contributed by atoms with Gasteiger partial charge in [-0.05, 0) is 12.1 Å². The summed E-state index contributed by atoms with van der Waals surface area (Å²) in [5, 5.41) is 40.3. The Hall–Kier alpha value is -1.72. The van der Waals surface area contributed by atoms with Gasteiger partial charge in [-0.2, -0.15) is 5.26 Å². The van der Waals surface area contributed by atoms with E-state index in [9.17, 15) is 10.2 Å². The molecule has 0 radical (unpaired) electrons. The second-order valence-electron chi connectivity index (χ2n) is 4.31. The van der Waals surface area contributed by atoms with Crippen LogP contribution >= 0.6 is 0 Å². The van der Waals surface area contributed by atoms with Gasteiger partial charge in [0.15, 0.2) is 0 Å². The number of anilines is 1. The Labute approximate surface area is 110 Å². The van der Waals surface area contributed by atoms with Gasteiger partial charge in [0.2, 0.25) is 0 Å². The maximum atomic E-state index is 9.93. The molecular formula is C12H15N3O4. The van der Waals surface area contributed by atoms with Crippen LogP contribution in [0.2, 0.25) is 0 Å². The summed E-state index contributed by atoms with van der Waals surface area (Å²) < 4.78 is 5.24. The van der Waals surface area contributed by atoms with Gasteiger partial charge in [-0.15, -0.1) is 0 Å². The van der Waals surface area contributed by atoms with E-state index in [2.05, 4.69) is 10.3 Å². The molecule has 0 aliphatic carbocycles. The molecule has 0 aromatic carbocycles. The van der Waals surface area contributed by atoms with Gasteiger partial charge in [-0.1, -0.05) is 6.07 Å². The summed E-state index contributed by atoms with van der Waals surface area (Å²) in [7, 11) is 0. The van der Waals surface area contributed by atoms with E-state index >= 15 is 0 Å². The van der Waals surface area contributed by atoms with Gasteiger partial charge < -0.3 is 25.4 Å². The quantitative estimate of drug-likeness (QED) is 0.544. The van der Waals surface area contributed by atoms with Crippen LogP contribution in [-0.2, 0) is 4.74 Å². The first-order valence-electron chi connectivity index (χ1n) is 5.88. The van der Waals surface area contributed by atoms with E-state index in [1.807, 2.05) is 6.07 Å². The van der Waals surface area contributed by atoms with Gasteiger partial charge in [-0.3, -0.25) is 0 Å². The van der Waals surface area contributed by atoms with Crippen LogP contribution in [0, 0.1) is 11.3 Å². The number of aliphatic hydroxyl groups excluding tert-OH is 3. The van der Waals surface area contributed by atoms with E-state index in [0.717, 1.165) is 0 Å². The second-order valence-corrected chi connectivity index (χ2v) is 4.31. The summed E-state index contributed by atoms with van der Waals surface area (Å²) in [4.78, 5) is 4.01. The van der Waals surface area contributed by atoms with Gasteiger partial charge in [0.05, 0.1) is 19.3 Å². The number of rotatable bonds is 3. The largest absolute Gasteiger partial charge is 0.394 e. The van der Waals surface area contributed by atoms with E-state index in [1.165, 1.54) is 0 Å². The first kappa shape index (κ1) is 13.7. The lowest BCUT2D eigenvalue weighted by atomic mass is 9.98. The molecule has 0 saturated carbocycles. The third-order valence-corrected chi connectivity index (χ3v) is 3.01. The molecule has 4 atom stereocenters. The van der Waals surface area contributed by atoms with Crippen molar-refractivity contribution < 1.29 is 20.1 Å². The molecule has 1 fully saturated rings. The Kier molecular flexibility index (Phi) is 4.29. The van der Waals surface area contributed by atoms with E-state index < -0.39 is 24.4 Å². The molecule has 1 aliphatic rings. The first-order chi connectivity index (χ1) is 9.15. The summed E-state index contributed by atoms with van der Waals surface area (Å²) in [6.07, 6.45) is -3.04. The zero-order chi connectivity index (χ0) is 13.8. The predicted molar refractivity (Wildman–Crippen MR) is 65.2 cm³/mol. The minimum absolute atomic E-state index is 0.127. The van der Waals surface area contributed by atoms with Crippen molar-refractivity contribution in [1.82, 2.24) is 4.98 Å². The summed E-state index contributed by atoms with van der Waals surface area (Å²) in [5.41, 5.74) is 0.255. The molecule has 7 heteroatoms. The zero-order valence-electron chi connectivity index (χ0n) is 10.1. The highest BCUT2D eigenvalue weighted by atomic mass is 16.5. The van der Waals surface area contributed by atoms with Crippen LogP contribution in [0.15, 0.2) is 18.2 Å². The first-order valence-corrected chi connectivity index (χ1v) is 5.88. The Bertz CT molecular complexity index is 476. The zero-order valence-corrected chi connectivity index (χ0v) is 10.1. The monoisotopic (exact) mass is 265 g/mol. The van der Waals surface area contributed by atoms with Crippen molar-refractivity contribution in [3.05, 3.63) is 23.9 Å². The molecule has 1 aromatic heterocycles. The van der Waals surface area contributed by atoms with Crippen LogP contribution < -0.4 is 5.32 Å². The predicted octanol–water partition coefficient (Wildman–Crippen LogP) is -1.15. The van der Waals surface area contributed by atoms with Crippen LogP contribution in [0.5, 0.6) is 0 Å². The van der Waals surface area contributed by atoms with E-state index in [0.29, 0.717) is 5.82 Å². The highest BCUT2D eigenvalue weighted by molar-refractivity contribution is 5.39. The summed E-state index contributed by atoms with van der Waals surface area (Å²) in [6.45, 7) is -0.227. The maximum Gasteiger partial charge on any atom is 0.142 e. The fourth-order valence-electron chi connectivity index (χ4n) is 1.94. The highest BCUT2D eigenvalue weighted by Gasteiger charge is 2.38. The van der Waals surface area contributed by atoms with Crippen LogP contribution in [0.4, 0.5) is 5.82 Å². The van der Waals surface area contributed by atoms with Crippen molar-refractivity contribution >= 4 is 5.82 Å². The number of ether oxygens (including phenoxy) is 1. The van der Waals surface area contributed by atoms with Crippen molar-refractivity contribution in [1.29, 1.82) is 5.26 Å². The van der Waals surface area contributed by atoms with Gasteiger partial charge >= 0.3 is 0 Å². The standard InChI is InChI=1S/C12H15N3O4/c13-4-7-2-1-3-10(14-7)15-8-6-19-9(5-16)12(18)11(8)17/h1-3,8-9,11-12,16-18H,5-6H2,(H,14,15)/t8-,9+,11+,12-/m0/s1. The SMILES string of the molecule is N#Cc1cccc(N[C@H]2CO[C@H](CO)[C@H](O)[C@@H]2O)n1. The van der Waals surface area contributed by atoms with E-state index in [1.54, 1.807) is 18.2 Å². The summed E-state index contributed by atoms with van der Waals surface area (Å²) >= 11 is 0. The topological polar surface area (TPSA) is 119 Å². The van der Waals surface area contributed by atoms with Crippen molar-refractivity contribution in [3.63, 3.8) is 0 Å². The highest BCUT2D eigenvalue weighted by Crippen LogP contribution is 2.18. The molecule has 0 unspecified atom stereocenters. The smallest absolute Gasteiger partial charge is 0.142 e. The number of nitriles is 1. The number of aliphatic hydroxyl groups is 3. The minimum atomic E-state index is -1.17. The van der Waals surface area contributed by atoms with E-state index in [4.69, 9.17) is 15.1 Å². The average Bonchev–Trinajstić information content (AvgIpc) is 2.44. The average molecular weight is 265 g/mol. The van der Waals surface area contributed by atoms with Gasteiger partial charge in [0, 0.05) is 0 Å². The lowest BCUT2D eigenvalue weighted by molar-refractivity contribution is -0.152. The molecule has 7 nitrogen and oxygen atoms in total. The van der Waals surface area contributed by atoms with Gasteiger partial charge in [0.1, 0.15) is 35.9 Å². The molecule has 1 aliphatic heterocycles. The molecule has 0 bridgehead atoms.